The van der Waals surface area contributed by atoms with E-state index in [1.165, 1.54) is 11.3 Å². The Bertz CT molecular complexity index is 632. The Morgan fingerprint density at radius 3 is 2.79 bits per heavy atom. The molecule has 28 heavy (non-hydrogen) atoms. The molecule has 0 radical (unpaired) electrons. The van der Waals surface area contributed by atoms with Gasteiger partial charge in [0.2, 0.25) is 0 Å². The van der Waals surface area contributed by atoms with Crippen molar-refractivity contribution in [3.63, 3.8) is 0 Å². The van der Waals surface area contributed by atoms with E-state index in [9.17, 15) is 0 Å². The van der Waals surface area contributed by atoms with Gasteiger partial charge in [0.05, 0.1) is 19.8 Å². The van der Waals surface area contributed by atoms with Crippen molar-refractivity contribution < 1.29 is 4.74 Å². The van der Waals surface area contributed by atoms with Gasteiger partial charge in [-0.05, 0) is 46.2 Å². The average molecular weight is 388 g/mol. The summed E-state index contributed by atoms with van der Waals surface area (Å²) in [4.78, 5) is 9.85. The topological polar surface area (TPSA) is 52.1 Å². The molecule has 0 bridgehead atoms. The standard InChI is InChI=1S/C22H37N5O/c1-5-23-22(24-14-18(3)27-12-13-28-16-19(27)4)25-20-10-11-26(15-20)21-8-6-17(2)7-9-21/h6-9,18-20H,5,10-16H2,1-4H3,(H2,23,24,25). The molecule has 1 aromatic carbocycles. The van der Waals surface area contributed by atoms with Crippen LogP contribution in [0.25, 0.3) is 0 Å². The number of anilines is 1. The van der Waals surface area contributed by atoms with Gasteiger partial charge in [-0.1, -0.05) is 17.7 Å². The molecular weight excluding hydrogens is 350 g/mol. The maximum absolute atomic E-state index is 5.56. The first-order chi connectivity index (χ1) is 13.6. The van der Waals surface area contributed by atoms with Crippen molar-refractivity contribution in [2.75, 3.05) is 50.8 Å². The summed E-state index contributed by atoms with van der Waals surface area (Å²) < 4.78 is 5.56. The van der Waals surface area contributed by atoms with Crippen molar-refractivity contribution in [1.29, 1.82) is 0 Å². The van der Waals surface area contributed by atoms with E-state index in [1.54, 1.807) is 0 Å². The Labute approximate surface area is 170 Å². The number of aryl methyl sites for hydroxylation is 1. The van der Waals surface area contributed by atoms with E-state index in [0.717, 1.165) is 58.3 Å². The van der Waals surface area contributed by atoms with Crippen molar-refractivity contribution in [3.05, 3.63) is 29.8 Å². The first-order valence-corrected chi connectivity index (χ1v) is 10.8. The first kappa shape index (κ1) is 20.9. The second kappa shape index (κ2) is 10.1. The molecule has 3 atom stereocenters. The molecule has 2 heterocycles. The van der Waals surface area contributed by atoms with E-state index in [0.29, 0.717) is 18.1 Å². The van der Waals surface area contributed by atoms with Crippen LogP contribution in [0.2, 0.25) is 0 Å². The van der Waals surface area contributed by atoms with Gasteiger partial charge in [0, 0.05) is 50.0 Å². The van der Waals surface area contributed by atoms with Gasteiger partial charge in [0.25, 0.3) is 0 Å². The van der Waals surface area contributed by atoms with E-state index in [-0.39, 0.29) is 0 Å². The number of nitrogens with one attached hydrogen (secondary N) is 2. The van der Waals surface area contributed by atoms with Crippen molar-refractivity contribution in [2.24, 2.45) is 4.99 Å². The number of benzene rings is 1. The van der Waals surface area contributed by atoms with E-state index in [4.69, 9.17) is 9.73 Å². The number of aliphatic imine (C=N–C) groups is 1. The van der Waals surface area contributed by atoms with Crippen LogP contribution in [0.15, 0.2) is 29.3 Å². The van der Waals surface area contributed by atoms with Crippen LogP contribution in [0.1, 0.15) is 32.8 Å². The van der Waals surface area contributed by atoms with Gasteiger partial charge in [-0.2, -0.15) is 0 Å². The Kier molecular flexibility index (Phi) is 7.57. The Morgan fingerprint density at radius 1 is 1.29 bits per heavy atom. The molecule has 0 amide bonds. The Hall–Kier alpha value is -1.79. The average Bonchev–Trinajstić information content (AvgIpc) is 3.15. The molecule has 2 saturated heterocycles. The number of guanidine groups is 1. The second-order valence-electron chi connectivity index (χ2n) is 8.14. The lowest BCUT2D eigenvalue weighted by Gasteiger charge is -2.37. The van der Waals surface area contributed by atoms with Crippen LogP contribution in [0, 0.1) is 6.92 Å². The van der Waals surface area contributed by atoms with Crippen LogP contribution in [0.5, 0.6) is 0 Å². The minimum atomic E-state index is 0.419. The van der Waals surface area contributed by atoms with Crippen LogP contribution in [0.3, 0.4) is 0 Å². The largest absolute Gasteiger partial charge is 0.379 e. The van der Waals surface area contributed by atoms with Gasteiger partial charge in [0.15, 0.2) is 5.96 Å². The zero-order chi connectivity index (χ0) is 19.9. The Morgan fingerprint density at radius 2 is 2.07 bits per heavy atom. The number of hydrogen-bond acceptors (Lipinski definition) is 4. The summed E-state index contributed by atoms with van der Waals surface area (Å²) >= 11 is 0. The van der Waals surface area contributed by atoms with Gasteiger partial charge in [0.1, 0.15) is 0 Å². The van der Waals surface area contributed by atoms with Crippen molar-refractivity contribution >= 4 is 11.6 Å². The van der Waals surface area contributed by atoms with E-state index >= 15 is 0 Å². The molecule has 2 aliphatic heterocycles. The highest BCUT2D eigenvalue weighted by molar-refractivity contribution is 5.80. The molecule has 0 saturated carbocycles. The summed E-state index contributed by atoms with van der Waals surface area (Å²) in [5.74, 6) is 0.936. The predicted octanol–water partition coefficient (Wildman–Crippen LogP) is 2.24. The number of ether oxygens (including phenoxy) is 1. The summed E-state index contributed by atoms with van der Waals surface area (Å²) in [6.07, 6.45) is 1.13. The zero-order valence-corrected chi connectivity index (χ0v) is 17.9. The number of rotatable bonds is 6. The van der Waals surface area contributed by atoms with Crippen LogP contribution in [-0.4, -0.2) is 74.9 Å². The van der Waals surface area contributed by atoms with Crippen molar-refractivity contribution in [2.45, 2.75) is 52.2 Å². The van der Waals surface area contributed by atoms with E-state index in [1.807, 2.05) is 0 Å². The maximum Gasteiger partial charge on any atom is 0.191 e. The van der Waals surface area contributed by atoms with Gasteiger partial charge in [-0.3, -0.25) is 9.89 Å². The summed E-state index contributed by atoms with van der Waals surface area (Å²) in [5.41, 5.74) is 2.62. The smallest absolute Gasteiger partial charge is 0.191 e. The third-order valence-corrected chi connectivity index (χ3v) is 5.77. The summed E-state index contributed by atoms with van der Waals surface area (Å²) in [6.45, 7) is 15.2. The predicted molar refractivity (Wildman–Crippen MR) is 117 cm³/mol. The molecule has 6 heteroatoms. The molecule has 3 unspecified atom stereocenters. The zero-order valence-electron chi connectivity index (χ0n) is 17.9. The maximum atomic E-state index is 5.56. The van der Waals surface area contributed by atoms with E-state index in [2.05, 4.69) is 72.4 Å². The summed E-state index contributed by atoms with van der Waals surface area (Å²) in [5, 5.41) is 7.07. The van der Waals surface area contributed by atoms with E-state index < -0.39 is 0 Å². The molecule has 2 aliphatic rings. The van der Waals surface area contributed by atoms with Crippen LogP contribution < -0.4 is 15.5 Å². The fourth-order valence-electron chi connectivity index (χ4n) is 4.10. The highest BCUT2D eigenvalue weighted by Crippen LogP contribution is 2.20. The minimum Gasteiger partial charge on any atom is -0.379 e. The first-order valence-electron chi connectivity index (χ1n) is 10.8. The minimum absolute atomic E-state index is 0.419. The van der Waals surface area contributed by atoms with Gasteiger partial charge in [-0.25, -0.2) is 0 Å². The van der Waals surface area contributed by atoms with Crippen molar-refractivity contribution in [1.82, 2.24) is 15.5 Å². The lowest BCUT2D eigenvalue weighted by molar-refractivity contribution is -0.0165. The third kappa shape index (κ3) is 5.61. The third-order valence-electron chi connectivity index (χ3n) is 5.77. The summed E-state index contributed by atoms with van der Waals surface area (Å²) in [7, 11) is 0. The Balaban J connectivity index is 1.53. The molecule has 1 aromatic rings. The molecule has 156 valence electrons. The lowest BCUT2D eigenvalue weighted by Crippen LogP contribution is -2.50. The number of nitrogens with zero attached hydrogens (tertiary/aromatic N) is 3. The molecule has 0 aliphatic carbocycles. The molecule has 0 spiro atoms. The molecule has 0 aromatic heterocycles. The monoisotopic (exact) mass is 387 g/mol. The molecule has 2 fully saturated rings. The molecule has 6 nitrogen and oxygen atoms in total. The molecule has 2 N–H and O–H groups in total. The highest BCUT2D eigenvalue weighted by atomic mass is 16.5. The van der Waals surface area contributed by atoms with Crippen LogP contribution in [-0.2, 0) is 4.74 Å². The quantitative estimate of drug-likeness (QED) is 0.579. The van der Waals surface area contributed by atoms with Gasteiger partial charge >= 0.3 is 0 Å². The molecular formula is C22H37N5O. The van der Waals surface area contributed by atoms with Crippen molar-refractivity contribution in [3.8, 4) is 0 Å². The second-order valence-corrected chi connectivity index (χ2v) is 8.14. The summed E-state index contributed by atoms with van der Waals surface area (Å²) in [6, 6.07) is 10.1. The van der Waals surface area contributed by atoms with Crippen LogP contribution >= 0.6 is 0 Å². The van der Waals surface area contributed by atoms with Gasteiger partial charge < -0.3 is 20.3 Å². The SMILES string of the molecule is CCNC(=NCC(C)N1CCOCC1C)NC1CCN(c2ccc(C)cc2)C1. The normalized spacial score (nSPS) is 25.0. The lowest BCUT2D eigenvalue weighted by atomic mass is 10.2. The highest BCUT2D eigenvalue weighted by Gasteiger charge is 2.25. The number of morpholine rings is 1. The fraction of sp³-hybridized carbons (Fsp3) is 0.682. The molecule has 3 rings (SSSR count). The fourth-order valence-corrected chi connectivity index (χ4v) is 4.10. The number of hydrogen-bond donors (Lipinski definition) is 2. The van der Waals surface area contributed by atoms with Gasteiger partial charge in [-0.15, -0.1) is 0 Å². The van der Waals surface area contributed by atoms with Crippen LogP contribution in [0.4, 0.5) is 5.69 Å².